The molecule has 188 valence electrons. The Balaban J connectivity index is 1.77. The van der Waals surface area contributed by atoms with Gasteiger partial charge in [-0.15, -0.1) is 11.8 Å². The van der Waals surface area contributed by atoms with Crippen LogP contribution in [0.5, 0.6) is 0 Å². The number of thioether (sulfide) groups is 1. The molecule has 1 unspecified atom stereocenters. The molecule has 2 aromatic carbocycles. The standard InChI is InChI=1S/C27H35N3O4S/c1-4-16-30-20(3)35-18-29(17-24(30)31)27(34)25(32)23(15-14-21-11-6-5-7-12-21)28-26(33)22-13-9-8-10-19(22)2/h5-13,20,23,25,32H,4,14-18H2,1-3H3,(H,28,33)/t20?,23-,25-/m0/s1. The SMILES string of the molecule is CCCN1C(=O)CN(C(=O)[C@@H](O)[C@H](CCc2ccccc2)NC(=O)c2ccccc2C)CSC1C. The van der Waals surface area contributed by atoms with E-state index in [1.165, 1.54) is 16.7 Å². The minimum absolute atomic E-state index is 0.0490. The molecule has 2 aromatic rings. The number of hydrogen-bond acceptors (Lipinski definition) is 5. The van der Waals surface area contributed by atoms with Crippen LogP contribution in [0, 0.1) is 6.92 Å². The molecule has 1 fully saturated rings. The largest absolute Gasteiger partial charge is 0.381 e. The maximum absolute atomic E-state index is 13.3. The number of aliphatic hydroxyl groups excluding tert-OH is 1. The highest BCUT2D eigenvalue weighted by Crippen LogP contribution is 2.23. The third kappa shape index (κ3) is 7.08. The van der Waals surface area contributed by atoms with Crippen LogP contribution in [-0.2, 0) is 16.0 Å². The van der Waals surface area contributed by atoms with E-state index in [4.69, 9.17) is 0 Å². The number of aliphatic hydroxyl groups is 1. The fourth-order valence-electron chi connectivity index (χ4n) is 4.19. The van der Waals surface area contributed by atoms with Crippen molar-refractivity contribution in [2.75, 3.05) is 19.0 Å². The van der Waals surface area contributed by atoms with Gasteiger partial charge in [-0.2, -0.15) is 0 Å². The molecule has 3 rings (SSSR count). The zero-order chi connectivity index (χ0) is 25.4. The summed E-state index contributed by atoms with van der Waals surface area (Å²) in [6, 6.07) is 16.1. The van der Waals surface area contributed by atoms with E-state index in [2.05, 4.69) is 5.32 Å². The van der Waals surface area contributed by atoms with E-state index >= 15 is 0 Å². The van der Waals surface area contributed by atoms with Crippen LogP contribution in [0.4, 0.5) is 0 Å². The van der Waals surface area contributed by atoms with Crippen LogP contribution < -0.4 is 5.32 Å². The minimum atomic E-state index is -1.46. The highest BCUT2D eigenvalue weighted by molar-refractivity contribution is 7.99. The summed E-state index contributed by atoms with van der Waals surface area (Å²) in [7, 11) is 0. The first-order valence-corrected chi connectivity index (χ1v) is 13.1. The molecule has 2 N–H and O–H groups in total. The van der Waals surface area contributed by atoms with Crippen molar-refractivity contribution in [3.8, 4) is 0 Å². The van der Waals surface area contributed by atoms with Crippen LogP contribution in [0.15, 0.2) is 54.6 Å². The summed E-state index contributed by atoms with van der Waals surface area (Å²) < 4.78 is 0. The van der Waals surface area contributed by atoms with Gasteiger partial charge in [0, 0.05) is 12.1 Å². The number of benzene rings is 2. The van der Waals surface area contributed by atoms with Crippen molar-refractivity contribution in [1.29, 1.82) is 0 Å². The number of rotatable bonds is 9. The molecule has 7 nitrogen and oxygen atoms in total. The van der Waals surface area contributed by atoms with Crippen molar-refractivity contribution < 1.29 is 19.5 Å². The van der Waals surface area contributed by atoms with E-state index in [1.54, 1.807) is 17.0 Å². The molecule has 0 spiro atoms. The van der Waals surface area contributed by atoms with E-state index in [0.29, 0.717) is 30.8 Å². The number of hydrogen-bond donors (Lipinski definition) is 2. The Bertz CT molecular complexity index is 1020. The Morgan fingerprint density at radius 1 is 1.14 bits per heavy atom. The molecule has 0 bridgehead atoms. The summed E-state index contributed by atoms with van der Waals surface area (Å²) in [5, 5.41) is 14.0. The van der Waals surface area contributed by atoms with Crippen LogP contribution in [0.1, 0.15) is 48.2 Å². The predicted octanol–water partition coefficient (Wildman–Crippen LogP) is 3.20. The third-order valence-electron chi connectivity index (χ3n) is 6.26. The van der Waals surface area contributed by atoms with Gasteiger partial charge in [0.15, 0.2) is 6.10 Å². The van der Waals surface area contributed by atoms with Crippen molar-refractivity contribution in [1.82, 2.24) is 15.1 Å². The van der Waals surface area contributed by atoms with Crippen LogP contribution in [-0.4, -0.2) is 69.1 Å². The molecule has 1 aliphatic heterocycles. The Morgan fingerprint density at radius 2 is 1.83 bits per heavy atom. The predicted molar refractivity (Wildman–Crippen MR) is 139 cm³/mol. The van der Waals surface area contributed by atoms with Gasteiger partial charge in [-0.1, -0.05) is 55.5 Å². The quantitative estimate of drug-likeness (QED) is 0.555. The van der Waals surface area contributed by atoms with Crippen molar-refractivity contribution >= 4 is 29.5 Å². The van der Waals surface area contributed by atoms with Gasteiger partial charge >= 0.3 is 0 Å². The molecule has 0 aliphatic carbocycles. The van der Waals surface area contributed by atoms with Crippen molar-refractivity contribution in [3.63, 3.8) is 0 Å². The molecule has 0 saturated carbocycles. The summed E-state index contributed by atoms with van der Waals surface area (Å²) in [6.07, 6.45) is 0.327. The lowest BCUT2D eigenvalue weighted by Gasteiger charge is -2.28. The first kappa shape index (κ1) is 26.8. The lowest BCUT2D eigenvalue weighted by molar-refractivity contribution is -0.145. The average molecular weight is 498 g/mol. The van der Waals surface area contributed by atoms with E-state index in [-0.39, 0.29) is 23.7 Å². The molecular formula is C27H35N3O4S. The minimum Gasteiger partial charge on any atom is -0.381 e. The maximum Gasteiger partial charge on any atom is 0.254 e. The monoisotopic (exact) mass is 497 g/mol. The number of aryl methyl sites for hydroxylation is 2. The Morgan fingerprint density at radius 3 is 2.51 bits per heavy atom. The number of nitrogens with one attached hydrogen (secondary N) is 1. The Labute approximate surface area is 211 Å². The lowest BCUT2D eigenvalue weighted by atomic mass is 9.99. The molecular weight excluding hydrogens is 462 g/mol. The molecule has 3 atom stereocenters. The van der Waals surface area contributed by atoms with E-state index in [0.717, 1.165) is 17.5 Å². The summed E-state index contributed by atoms with van der Waals surface area (Å²) >= 11 is 1.49. The summed E-state index contributed by atoms with van der Waals surface area (Å²) in [5.74, 6) is -0.702. The number of carbonyl (C=O) groups is 3. The van der Waals surface area contributed by atoms with E-state index in [1.807, 2.05) is 63.2 Å². The van der Waals surface area contributed by atoms with Gasteiger partial charge in [0.25, 0.3) is 11.8 Å². The zero-order valence-corrected chi connectivity index (χ0v) is 21.5. The first-order valence-electron chi connectivity index (χ1n) is 12.1. The van der Waals surface area contributed by atoms with Gasteiger partial charge in [0.1, 0.15) is 6.54 Å². The lowest BCUT2D eigenvalue weighted by Crippen LogP contribution is -2.53. The molecule has 1 aliphatic rings. The molecule has 3 amide bonds. The van der Waals surface area contributed by atoms with Crippen molar-refractivity contribution in [2.45, 2.75) is 57.6 Å². The third-order valence-corrected chi connectivity index (χ3v) is 7.46. The molecule has 8 heteroatoms. The summed E-state index contributed by atoms with van der Waals surface area (Å²) in [6.45, 7) is 6.36. The van der Waals surface area contributed by atoms with Crippen molar-refractivity contribution in [3.05, 3.63) is 71.3 Å². The molecule has 0 aromatic heterocycles. The smallest absolute Gasteiger partial charge is 0.254 e. The maximum atomic E-state index is 13.3. The Kier molecular flexibility index (Phi) is 9.74. The Hall–Kier alpha value is -2.84. The second-order valence-electron chi connectivity index (χ2n) is 8.88. The van der Waals surface area contributed by atoms with Gasteiger partial charge < -0.3 is 20.2 Å². The fourth-order valence-corrected chi connectivity index (χ4v) is 5.21. The molecule has 1 saturated heterocycles. The fraction of sp³-hybridized carbons (Fsp3) is 0.444. The zero-order valence-electron chi connectivity index (χ0n) is 20.6. The number of nitrogens with zero attached hydrogens (tertiary/aromatic N) is 2. The van der Waals surface area contributed by atoms with Gasteiger partial charge in [0.05, 0.1) is 17.3 Å². The second kappa shape index (κ2) is 12.7. The highest BCUT2D eigenvalue weighted by atomic mass is 32.2. The molecule has 1 heterocycles. The second-order valence-corrected chi connectivity index (χ2v) is 10.2. The van der Waals surface area contributed by atoms with Crippen LogP contribution in [0.25, 0.3) is 0 Å². The topological polar surface area (TPSA) is 90.0 Å². The van der Waals surface area contributed by atoms with Gasteiger partial charge in [-0.05, 0) is 50.3 Å². The van der Waals surface area contributed by atoms with E-state index < -0.39 is 18.1 Å². The molecule has 0 radical (unpaired) electrons. The number of carbonyl (C=O) groups excluding carboxylic acids is 3. The summed E-state index contributed by atoms with van der Waals surface area (Å²) in [5.41, 5.74) is 2.36. The summed E-state index contributed by atoms with van der Waals surface area (Å²) in [4.78, 5) is 42.4. The van der Waals surface area contributed by atoms with Gasteiger partial charge in [-0.3, -0.25) is 14.4 Å². The van der Waals surface area contributed by atoms with Gasteiger partial charge in [-0.25, -0.2) is 0 Å². The average Bonchev–Trinajstić information content (AvgIpc) is 3.00. The van der Waals surface area contributed by atoms with Crippen LogP contribution in [0.2, 0.25) is 0 Å². The number of amides is 3. The van der Waals surface area contributed by atoms with Crippen molar-refractivity contribution in [2.24, 2.45) is 0 Å². The van der Waals surface area contributed by atoms with E-state index in [9.17, 15) is 19.5 Å². The first-order chi connectivity index (χ1) is 16.8. The highest BCUT2D eigenvalue weighted by Gasteiger charge is 2.35. The van der Waals surface area contributed by atoms with Crippen LogP contribution >= 0.6 is 11.8 Å². The normalized spacial score (nSPS) is 18.1. The molecule has 35 heavy (non-hydrogen) atoms. The van der Waals surface area contributed by atoms with Crippen LogP contribution in [0.3, 0.4) is 0 Å². The van der Waals surface area contributed by atoms with Gasteiger partial charge in [0.2, 0.25) is 5.91 Å².